The maximum absolute atomic E-state index is 4.34. The van der Waals surface area contributed by atoms with Crippen LogP contribution in [0.5, 0.6) is 0 Å². The van der Waals surface area contributed by atoms with Crippen molar-refractivity contribution >= 4 is 0 Å². The maximum atomic E-state index is 4.34. The number of rotatable bonds is 6. The van der Waals surface area contributed by atoms with Gasteiger partial charge in [-0.05, 0) is 13.8 Å². The van der Waals surface area contributed by atoms with Gasteiger partial charge in [0.2, 0.25) is 0 Å². The number of hydrogen-bond donors (Lipinski definition) is 1. The van der Waals surface area contributed by atoms with Crippen LogP contribution >= 0.6 is 0 Å². The van der Waals surface area contributed by atoms with Gasteiger partial charge in [-0.2, -0.15) is 0 Å². The number of nitrogens with zero attached hydrogens (tertiary/aromatic N) is 4. The predicted octanol–water partition coefficient (Wildman–Crippen LogP) is 1.72. The summed E-state index contributed by atoms with van der Waals surface area (Å²) in [5.41, 5.74) is 1.92. The summed E-state index contributed by atoms with van der Waals surface area (Å²) in [4.78, 5) is 12.9. The highest BCUT2D eigenvalue weighted by Crippen LogP contribution is 2.01. The molecule has 2 aromatic heterocycles. The van der Waals surface area contributed by atoms with Crippen LogP contribution in [0.25, 0.3) is 0 Å². The van der Waals surface area contributed by atoms with Crippen molar-refractivity contribution in [1.29, 1.82) is 0 Å². The smallest absolute Gasteiger partial charge is 0.108 e. The van der Waals surface area contributed by atoms with E-state index in [0.717, 1.165) is 36.7 Å². The van der Waals surface area contributed by atoms with Crippen molar-refractivity contribution < 1.29 is 0 Å². The van der Waals surface area contributed by atoms with Gasteiger partial charge in [-0.15, -0.1) is 0 Å². The van der Waals surface area contributed by atoms with E-state index in [1.54, 1.807) is 6.20 Å². The minimum atomic E-state index is 0.364. The highest BCUT2D eigenvalue weighted by molar-refractivity contribution is 5.00. The van der Waals surface area contributed by atoms with Crippen LogP contribution in [-0.4, -0.2) is 25.6 Å². The Kier molecular flexibility index (Phi) is 4.63. The number of imidazole rings is 1. The first-order valence-corrected chi connectivity index (χ1v) is 6.70. The largest absolute Gasteiger partial charge is 0.333 e. The lowest BCUT2D eigenvalue weighted by molar-refractivity contribution is 0.464. The van der Waals surface area contributed by atoms with Crippen LogP contribution in [0, 0.1) is 6.92 Å². The molecule has 0 bridgehead atoms. The molecule has 0 amide bonds. The molecule has 1 atom stereocenters. The summed E-state index contributed by atoms with van der Waals surface area (Å²) in [5.74, 6) is 1.13. The van der Waals surface area contributed by atoms with Crippen molar-refractivity contribution in [2.75, 3.05) is 0 Å². The van der Waals surface area contributed by atoms with Crippen molar-refractivity contribution in [1.82, 2.24) is 24.8 Å². The molecule has 2 heterocycles. The highest BCUT2D eigenvalue weighted by Gasteiger charge is 2.06. The van der Waals surface area contributed by atoms with Gasteiger partial charge in [-0.3, -0.25) is 9.97 Å². The first kappa shape index (κ1) is 13.7. The van der Waals surface area contributed by atoms with Crippen LogP contribution in [0.3, 0.4) is 0 Å². The van der Waals surface area contributed by atoms with Gasteiger partial charge in [0.25, 0.3) is 0 Å². The Hall–Kier alpha value is -1.75. The van der Waals surface area contributed by atoms with E-state index in [2.05, 4.69) is 38.7 Å². The van der Waals surface area contributed by atoms with Crippen molar-refractivity contribution in [3.05, 3.63) is 42.0 Å². The Bertz CT molecular complexity index is 503. The molecular formula is C14H21N5. The van der Waals surface area contributed by atoms with E-state index in [1.165, 1.54) is 0 Å². The molecule has 2 aromatic rings. The third-order valence-electron chi connectivity index (χ3n) is 3.05. The van der Waals surface area contributed by atoms with E-state index in [1.807, 2.05) is 25.5 Å². The first-order valence-electron chi connectivity index (χ1n) is 6.70. The van der Waals surface area contributed by atoms with Gasteiger partial charge in [-0.25, -0.2) is 4.98 Å². The molecule has 0 aliphatic heterocycles. The molecule has 1 N–H and O–H groups in total. The fourth-order valence-electron chi connectivity index (χ4n) is 1.97. The molecule has 2 rings (SSSR count). The Morgan fingerprint density at radius 3 is 2.79 bits per heavy atom. The van der Waals surface area contributed by atoms with E-state index < -0.39 is 0 Å². The minimum absolute atomic E-state index is 0.364. The molecule has 0 saturated carbocycles. The van der Waals surface area contributed by atoms with Crippen LogP contribution in [0.1, 0.15) is 31.1 Å². The lowest BCUT2D eigenvalue weighted by atomic mass is 10.3. The van der Waals surface area contributed by atoms with Crippen LogP contribution in [0.15, 0.2) is 24.8 Å². The third-order valence-corrected chi connectivity index (χ3v) is 3.05. The molecule has 5 heteroatoms. The molecule has 0 saturated heterocycles. The number of aromatic nitrogens is 4. The second-order valence-corrected chi connectivity index (χ2v) is 4.78. The van der Waals surface area contributed by atoms with Crippen molar-refractivity contribution in [2.45, 2.75) is 46.3 Å². The zero-order chi connectivity index (χ0) is 13.7. The Morgan fingerprint density at radius 2 is 2.11 bits per heavy atom. The Morgan fingerprint density at radius 1 is 1.26 bits per heavy atom. The summed E-state index contributed by atoms with van der Waals surface area (Å²) in [7, 11) is 0. The van der Waals surface area contributed by atoms with Gasteiger partial charge in [0.05, 0.1) is 11.4 Å². The highest BCUT2D eigenvalue weighted by atomic mass is 15.1. The fourth-order valence-corrected chi connectivity index (χ4v) is 1.97. The van der Waals surface area contributed by atoms with E-state index in [-0.39, 0.29) is 0 Å². The quantitative estimate of drug-likeness (QED) is 0.858. The van der Waals surface area contributed by atoms with E-state index >= 15 is 0 Å². The van der Waals surface area contributed by atoms with E-state index in [0.29, 0.717) is 6.04 Å². The van der Waals surface area contributed by atoms with Crippen molar-refractivity contribution in [3.8, 4) is 0 Å². The molecule has 0 fully saturated rings. The lowest BCUT2D eigenvalue weighted by Crippen LogP contribution is -2.30. The molecule has 5 nitrogen and oxygen atoms in total. The third kappa shape index (κ3) is 3.86. The van der Waals surface area contributed by atoms with Crippen LogP contribution in [0.4, 0.5) is 0 Å². The SMILES string of the molecule is CCc1nccn1CC(C)NCc1cnc(C)cn1. The van der Waals surface area contributed by atoms with Crippen molar-refractivity contribution in [3.63, 3.8) is 0 Å². The maximum Gasteiger partial charge on any atom is 0.108 e. The molecule has 0 aliphatic rings. The van der Waals surface area contributed by atoms with E-state index in [9.17, 15) is 0 Å². The first-order chi connectivity index (χ1) is 9.19. The molecule has 0 spiro atoms. The summed E-state index contributed by atoms with van der Waals surface area (Å²) in [5, 5.41) is 3.46. The topological polar surface area (TPSA) is 55.6 Å². The molecule has 0 radical (unpaired) electrons. The van der Waals surface area contributed by atoms with Gasteiger partial charge in [0, 0.05) is 50.3 Å². The van der Waals surface area contributed by atoms with Gasteiger partial charge in [-0.1, -0.05) is 6.92 Å². The normalized spacial score (nSPS) is 12.6. The van der Waals surface area contributed by atoms with E-state index in [4.69, 9.17) is 0 Å². The zero-order valence-electron chi connectivity index (χ0n) is 11.8. The summed E-state index contributed by atoms with van der Waals surface area (Å²) in [6.45, 7) is 7.89. The number of aryl methyl sites for hydroxylation is 2. The summed E-state index contributed by atoms with van der Waals surface area (Å²) in [6.07, 6.45) is 8.47. The van der Waals surface area contributed by atoms with Crippen molar-refractivity contribution in [2.24, 2.45) is 0 Å². The zero-order valence-corrected chi connectivity index (χ0v) is 11.8. The molecule has 102 valence electrons. The predicted molar refractivity (Wildman–Crippen MR) is 74.7 cm³/mol. The van der Waals surface area contributed by atoms with Crippen LogP contribution in [0.2, 0.25) is 0 Å². The molecule has 0 aromatic carbocycles. The summed E-state index contributed by atoms with van der Waals surface area (Å²) >= 11 is 0. The average Bonchev–Trinajstić information content (AvgIpc) is 2.85. The summed E-state index contributed by atoms with van der Waals surface area (Å²) < 4.78 is 2.19. The van der Waals surface area contributed by atoms with Gasteiger partial charge >= 0.3 is 0 Å². The van der Waals surface area contributed by atoms with Gasteiger partial charge in [0.1, 0.15) is 5.82 Å². The average molecular weight is 259 g/mol. The standard InChI is InChI=1S/C14H21N5/c1-4-14-15-5-6-19(14)10-12(3)17-9-13-8-16-11(2)7-18-13/h5-8,12,17H,4,9-10H2,1-3H3. The number of hydrogen-bond acceptors (Lipinski definition) is 4. The van der Waals surface area contributed by atoms with Gasteiger partial charge in [0.15, 0.2) is 0 Å². The second kappa shape index (κ2) is 6.43. The molecule has 0 aliphatic carbocycles. The van der Waals surface area contributed by atoms with Crippen LogP contribution < -0.4 is 5.32 Å². The minimum Gasteiger partial charge on any atom is -0.333 e. The Labute approximate surface area is 114 Å². The monoisotopic (exact) mass is 259 g/mol. The Balaban J connectivity index is 1.84. The molecule has 1 unspecified atom stereocenters. The second-order valence-electron chi connectivity index (χ2n) is 4.78. The fraction of sp³-hybridized carbons (Fsp3) is 0.500. The molecule has 19 heavy (non-hydrogen) atoms. The molecular weight excluding hydrogens is 238 g/mol. The van der Waals surface area contributed by atoms with Gasteiger partial charge < -0.3 is 9.88 Å². The lowest BCUT2D eigenvalue weighted by Gasteiger charge is -2.15. The number of nitrogens with one attached hydrogen (secondary N) is 1. The van der Waals surface area contributed by atoms with Crippen LogP contribution in [-0.2, 0) is 19.5 Å². The summed E-state index contributed by atoms with van der Waals surface area (Å²) in [6, 6.07) is 0.364.